The van der Waals surface area contributed by atoms with Gasteiger partial charge in [-0.25, -0.2) is 4.79 Å². The van der Waals surface area contributed by atoms with E-state index >= 15 is 0 Å². The Morgan fingerprint density at radius 1 is 0.879 bits per heavy atom. The molecule has 0 radical (unpaired) electrons. The summed E-state index contributed by atoms with van der Waals surface area (Å²) in [7, 11) is 1.55. The zero-order valence-corrected chi connectivity index (χ0v) is 18.8. The van der Waals surface area contributed by atoms with Crippen LogP contribution in [0.5, 0.6) is 17.2 Å². The first-order valence-electron chi connectivity index (χ1n) is 10.8. The van der Waals surface area contributed by atoms with Crippen LogP contribution >= 0.6 is 0 Å². The number of unbranched alkanes of at least 4 members (excludes halogenated alkanes) is 1. The van der Waals surface area contributed by atoms with Gasteiger partial charge in [0.15, 0.2) is 0 Å². The van der Waals surface area contributed by atoms with Crippen molar-refractivity contribution in [3.05, 3.63) is 95.1 Å². The number of carboxylic acid groups (broad SMARTS) is 1. The molecule has 3 aromatic rings. The number of aliphatic carboxylic acids is 1. The molecule has 170 valence electrons. The Hall–Kier alpha value is -3.99. The third kappa shape index (κ3) is 6.04. The van der Waals surface area contributed by atoms with E-state index in [9.17, 15) is 15.0 Å². The Morgan fingerprint density at radius 2 is 1.42 bits per heavy atom. The maximum Gasteiger partial charge on any atom is 0.328 e. The summed E-state index contributed by atoms with van der Waals surface area (Å²) >= 11 is 0. The monoisotopic (exact) mass is 444 g/mol. The van der Waals surface area contributed by atoms with Crippen molar-refractivity contribution in [2.75, 3.05) is 7.11 Å². The van der Waals surface area contributed by atoms with Gasteiger partial charge in [-0.2, -0.15) is 0 Å². The second kappa shape index (κ2) is 11.0. The molecule has 0 aromatic heterocycles. The molecule has 3 rings (SSSR count). The highest BCUT2D eigenvalue weighted by Gasteiger charge is 2.16. The number of benzene rings is 3. The first-order chi connectivity index (χ1) is 15.9. The van der Waals surface area contributed by atoms with E-state index in [4.69, 9.17) is 9.84 Å². The normalized spacial score (nSPS) is 10.8. The lowest BCUT2D eigenvalue weighted by Gasteiger charge is -2.19. The maximum absolute atomic E-state index is 11.1. The number of hydrogen-bond acceptors (Lipinski definition) is 4. The van der Waals surface area contributed by atoms with Crippen LogP contribution < -0.4 is 4.74 Å². The first-order valence-corrected chi connectivity index (χ1v) is 10.8. The zero-order valence-electron chi connectivity index (χ0n) is 18.8. The summed E-state index contributed by atoms with van der Waals surface area (Å²) in [5.41, 5.74) is 5.56. The van der Waals surface area contributed by atoms with Crippen molar-refractivity contribution >= 4 is 23.2 Å². The molecule has 0 heterocycles. The lowest BCUT2D eigenvalue weighted by molar-refractivity contribution is -0.131. The average molecular weight is 445 g/mol. The standard InChI is InChI=1S/C28H28O5/c1-3-4-5-25(21-10-16-26(33-2)22(18-21)11-17-27(31)32)28(19-6-12-23(29)13-7-19)20-8-14-24(30)15-9-20/h6-18,29-30H,3-5H2,1-2H3,(H,31,32)/b17-11+. The summed E-state index contributed by atoms with van der Waals surface area (Å²) in [6, 6.07) is 19.9. The summed E-state index contributed by atoms with van der Waals surface area (Å²) in [5.74, 6) is -0.0751. The molecule has 3 aromatic carbocycles. The fourth-order valence-electron chi connectivity index (χ4n) is 3.75. The van der Waals surface area contributed by atoms with Crippen molar-refractivity contribution in [1.82, 2.24) is 0 Å². The summed E-state index contributed by atoms with van der Waals surface area (Å²) < 4.78 is 5.43. The number of aromatic hydroxyl groups is 2. The van der Waals surface area contributed by atoms with Crippen molar-refractivity contribution < 1.29 is 24.9 Å². The lowest BCUT2D eigenvalue weighted by atomic mass is 9.86. The number of hydrogen-bond donors (Lipinski definition) is 3. The Kier molecular flexibility index (Phi) is 7.92. The molecule has 0 aliphatic carbocycles. The molecule has 0 saturated heterocycles. The van der Waals surface area contributed by atoms with Gasteiger partial charge in [0.1, 0.15) is 17.2 Å². The van der Waals surface area contributed by atoms with Crippen LogP contribution in [0.25, 0.3) is 17.2 Å². The van der Waals surface area contributed by atoms with Crippen LogP contribution in [-0.4, -0.2) is 28.4 Å². The lowest BCUT2D eigenvalue weighted by Crippen LogP contribution is -1.98. The zero-order chi connectivity index (χ0) is 23.8. The number of carboxylic acids is 1. The number of methoxy groups -OCH3 is 1. The van der Waals surface area contributed by atoms with Gasteiger partial charge < -0.3 is 20.1 Å². The van der Waals surface area contributed by atoms with Gasteiger partial charge >= 0.3 is 5.97 Å². The van der Waals surface area contributed by atoms with Gasteiger partial charge in [0.05, 0.1) is 7.11 Å². The fourth-order valence-corrected chi connectivity index (χ4v) is 3.75. The molecule has 0 fully saturated rings. The predicted molar refractivity (Wildman–Crippen MR) is 131 cm³/mol. The van der Waals surface area contributed by atoms with Crippen molar-refractivity contribution in [2.24, 2.45) is 0 Å². The molecule has 0 atom stereocenters. The van der Waals surface area contributed by atoms with Crippen LogP contribution in [0.1, 0.15) is 48.4 Å². The van der Waals surface area contributed by atoms with E-state index in [1.165, 1.54) is 6.08 Å². The second-order valence-electron chi connectivity index (χ2n) is 7.68. The van der Waals surface area contributed by atoms with Crippen LogP contribution in [0.3, 0.4) is 0 Å². The van der Waals surface area contributed by atoms with Crippen molar-refractivity contribution in [2.45, 2.75) is 26.2 Å². The largest absolute Gasteiger partial charge is 0.508 e. The third-order valence-corrected chi connectivity index (χ3v) is 5.38. The number of rotatable bonds is 9. The molecule has 3 N–H and O–H groups in total. The minimum Gasteiger partial charge on any atom is -0.508 e. The number of phenolic OH excluding ortho intramolecular Hbond substituents is 2. The molecule has 0 amide bonds. The Bertz CT molecular complexity index is 1110. The fraction of sp³-hybridized carbons (Fsp3) is 0.179. The maximum atomic E-state index is 11.1. The molecule has 0 bridgehead atoms. The molecule has 0 aliphatic rings. The van der Waals surface area contributed by atoms with E-state index in [-0.39, 0.29) is 11.5 Å². The Morgan fingerprint density at radius 3 is 1.91 bits per heavy atom. The van der Waals surface area contributed by atoms with Crippen LogP contribution in [-0.2, 0) is 4.79 Å². The third-order valence-electron chi connectivity index (χ3n) is 5.38. The number of carbonyl (C=O) groups is 1. The van der Waals surface area contributed by atoms with Gasteiger partial charge in [-0.15, -0.1) is 0 Å². The van der Waals surface area contributed by atoms with E-state index in [0.717, 1.165) is 53.2 Å². The van der Waals surface area contributed by atoms with Crippen molar-refractivity contribution in [3.8, 4) is 17.2 Å². The molecule has 0 spiro atoms. The van der Waals surface area contributed by atoms with Gasteiger partial charge in [-0.05, 0) is 83.2 Å². The molecule has 0 saturated carbocycles. The van der Waals surface area contributed by atoms with E-state index < -0.39 is 5.97 Å². The van der Waals surface area contributed by atoms with E-state index in [2.05, 4.69) is 6.92 Å². The van der Waals surface area contributed by atoms with E-state index in [1.54, 1.807) is 31.4 Å². The highest BCUT2D eigenvalue weighted by atomic mass is 16.5. The topological polar surface area (TPSA) is 87.0 Å². The van der Waals surface area contributed by atoms with Gasteiger partial charge in [-0.1, -0.05) is 43.7 Å². The minimum atomic E-state index is -1.03. The van der Waals surface area contributed by atoms with Gasteiger partial charge in [0.2, 0.25) is 0 Å². The number of allylic oxidation sites excluding steroid dienone is 1. The summed E-state index contributed by atoms with van der Waals surface area (Å²) in [5, 5.41) is 28.7. The highest BCUT2D eigenvalue weighted by Crippen LogP contribution is 2.38. The molecule has 0 aliphatic heterocycles. The van der Waals surface area contributed by atoms with E-state index in [1.807, 2.05) is 42.5 Å². The minimum absolute atomic E-state index is 0.185. The summed E-state index contributed by atoms with van der Waals surface area (Å²) in [6.45, 7) is 2.13. The molecule has 0 unspecified atom stereocenters. The Balaban J connectivity index is 2.29. The van der Waals surface area contributed by atoms with Gasteiger partial charge in [-0.3, -0.25) is 0 Å². The summed E-state index contributed by atoms with van der Waals surface area (Å²) in [4.78, 5) is 11.1. The van der Waals surface area contributed by atoms with Gasteiger partial charge in [0.25, 0.3) is 0 Å². The smallest absolute Gasteiger partial charge is 0.328 e. The van der Waals surface area contributed by atoms with Crippen molar-refractivity contribution in [3.63, 3.8) is 0 Å². The average Bonchev–Trinajstić information content (AvgIpc) is 2.82. The first kappa shape index (κ1) is 23.7. The predicted octanol–water partition coefficient (Wildman–Crippen LogP) is 6.35. The summed E-state index contributed by atoms with van der Waals surface area (Å²) in [6.07, 6.45) is 5.38. The second-order valence-corrected chi connectivity index (χ2v) is 7.68. The highest BCUT2D eigenvalue weighted by molar-refractivity contribution is 5.99. The van der Waals surface area contributed by atoms with Crippen molar-refractivity contribution in [1.29, 1.82) is 0 Å². The van der Waals surface area contributed by atoms with Crippen LogP contribution in [0.4, 0.5) is 0 Å². The molecule has 33 heavy (non-hydrogen) atoms. The van der Waals surface area contributed by atoms with E-state index in [0.29, 0.717) is 11.3 Å². The molecule has 5 heteroatoms. The van der Waals surface area contributed by atoms with Crippen LogP contribution in [0.2, 0.25) is 0 Å². The molecular weight excluding hydrogens is 416 g/mol. The van der Waals surface area contributed by atoms with Crippen LogP contribution in [0, 0.1) is 0 Å². The van der Waals surface area contributed by atoms with Crippen LogP contribution in [0.15, 0.2) is 72.8 Å². The number of ether oxygens (including phenoxy) is 1. The SMILES string of the molecule is CCCCC(=C(c1ccc(O)cc1)c1ccc(O)cc1)c1ccc(OC)c(/C=C/C(=O)O)c1. The Labute approximate surface area is 193 Å². The van der Waals surface area contributed by atoms with Gasteiger partial charge in [0, 0.05) is 11.6 Å². The molecular formula is C28H28O5. The quantitative estimate of drug-likeness (QED) is 0.264. The number of phenols is 2. The molecule has 5 nitrogen and oxygen atoms in total.